The zero-order valence-electron chi connectivity index (χ0n) is 13.4. The molecule has 0 saturated heterocycles. The normalized spacial score (nSPS) is 10.8. The first-order valence-electron chi connectivity index (χ1n) is 7.12. The van der Waals surface area contributed by atoms with Gasteiger partial charge in [0.1, 0.15) is 5.69 Å². The molecule has 124 valence electrons. The minimum atomic E-state index is -0.544. The number of rotatable bonds is 4. The van der Waals surface area contributed by atoms with E-state index < -0.39 is 5.91 Å². The highest BCUT2D eigenvalue weighted by Gasteiger charge is 2.15. The Bertz CT molecular complexity index is 865. The highest BCUT2D eigenvalue weighted by Crippen LogP contribution is 2.28. The SMILES string of the molecule is Cc1cc(-c2nnc(Sc3ccc(C(=O)NO)cc3)n2C)nn1C. The molecule has 0 aliphatic heterocycles. The summed E-state index contributed by atoms with van der Waals surface area (Å²) in [6.07, 6.45) is 0. The fourth-order valence-electron chi connectivity index (χ4n) is 2.14. The van der Waals surface area contributed by atoms with Crippen molar-refractivity contribution in [2.45, 2.75) is 17.0 Å². The van der Waals surface area contributed by atoms with Gasteiger partial charge in [-0.1, -0.05) is 0 Å². The molecule has 24 heavy (non-hydrogen) atoms. The lowest BCUT2D eigenvalue weighted by Gasteiger charge is -2.03. The number of hydroxylamine groups is 1. The van der Waals surface area contributed by atoms with Gasteiger partial charge in [0.15, 0.2) is 11.0 Å². The average Bonchev–Trinajstić information content (AvgIpc) is 3.10. The summed E-state index contributed by atoms with van der Waals surface area (Å²) in [5, 5.41) is 22.2. The Morgan fingerprint density at radius 1 is 1.21 bits per heavy atom. The second kappa shape index (κ2) is 6.46. The molecule has 0 atom stereocenters. The number of aromatic nitrogens is 5. The molecule has 0 unspecified atom stereocenters. The zero-order valence-corrected chi connectivity index (χ0v) is 14.2. The Balaban J connectivity index is 1.82. The summed E-state index contributed by atoms with van der Waals surface area (Å²) >= 11 is 1.43. The topological polar surface area (TPSA) is 97.9 Å². The summed E-state index contributed by atoms with van der Waals surface area (Å²) in [5.41, 5.74) is 3.80. The van der Waals surface area contributed by atoms with E-state index >= 15 is 0 Å². The van der Waals surface area contributed by atoms with Crippen molar-refractivity contribution in [3.8, 4) is 11.5 Å². The molecule has 1 amide bonds. The minimum absolute atomic E-state index is 0.379. The van der Waals surface area contributed by atoms with E-state index in [4.69, 9.17) is 5.21 Å². The van der Waals surface area contributed by atoms with Crippen molar-refractivity contribution in [1.29, 1.82) is 0 Å². The van der Waals surface area contributed by atoms with Gasteiger partial charge >= 0.3 is 0 Å². The molecule has 2 heterocycles. The van der Waals surface area contributed by atoms with Gasteiger partial charge in [0.25, 0.3) is 5.91 Å². The number of hydrogen-bond donors (Lipinski definition) is 2. The molecular formula is C15H16N6O2S. The molecule has 8 nitrogen and oxygen atoms in total. The fraction of sp³-hybridized carbons (Fsp3) is 0.200. The molecule has 2 aromatic heterocycles. The number of carbonyl (C=O) groups is 1. The fourth-order valence-corrected chi connectivity index (χ4v) is 2.93. The molecule has 3 rings (SSSR count). The van der Waals surface area contributed by atoms with Gasteiger partial charge < -0.3 is 4.57 Å². The Morgan fingerprint density at radius 3 is 2.50 bits per heavy atom. The van der Waals surface area contributed by atoms with Crippen LogP contribution in [0.1, 0.15) is 16.1 Å². The highest BCUT2D eigenvalue weighted by atomic mass is 32.2. The molecule has 0 radical (unpaired) electrons. The largest absolute Gasteiger partial charge is 0.304 e. The number of hydrogen-bond acceptors (Lipinski definition) is 6. The van der Waals surface area contributed by atoms with Crippen LogP contribution in [0.3, 0.4) is 0 Å². The van der Waals surface area contributed by atoms with Gasteiger partial charge in [0, 0.05) is 30.2 Å². The maximum Gasteiger partial charge on any atom is 0.274 e. The Morgan fingerprint density at radius 2 is 1.92 bits per heavy atom. The number of aryl methyl sites for hydroxylation is 2. The average molecular weight is 344 g/mol. The number of nitrogens with one attached hydrogen (secondary N) is 1. The predicted octanol–water partition coefficient (Wildman–Crippen LogP) is 1.79. The van der Waals surface area contributed by atoms with Crippen molar-refractivity contribution in [1.82, 2.24) is 30.0 Å². The maximum absolute atomic E-state index is 11.3. The van der Waals surface area contributed by atoms with E-state index in [1.807, 2.05) is 31.7 Å². The summed E-state index contributed by atoms with van der Waals surface area (Å²) in [7, 11) is 3.77. The van der Waals surface area contributed by atoms with Crippen molar-refractivity contribution >= 4 is 17.7 Å². The van der Waals surface area contributed by atoms with Gasteiger partial charge in [0.05, 0.1) is 0 Å². The third kappa shape index (κ3) is 3.03. The number of carbonyl (C=O) groups excluding carboxylic acids is 1. The smallest absolute Gasteiger partial charge is 0.274 e. The molecule has 0 fully saturated rings. The van der Waals surface area contributed by atoms with Crippen LogP contribution in [0.4, 0.5) is 0 Å². The number of amides is 1. The molecule has 1 aromatic carbocycles. The van der Waals surface area contributed by atoms with Crippen molar-refractivity contribution in [3.63, 3.8) is 0 Å². The standard InChI is InChI=1S/C15H16N6O2S/c1-9-8-12(18-21(9)3)13-16-17-15(20(13)2)24-11-6-4-10(5-7-11)14(22)19-23/h4-8,23H,1-3H3,(H,19,22). The van der Waals surface area contributed by atoms with Crippen molar-refractivity contribution in [3.05, 3.63) is 41.6 Å². The van der Waals surface area contributed by atoms with Crippen molar-refractivity contribution < 1.29 is 10.0 Å². The van der Waals surface area contributed by atoms with E-state index in [2.05, 4.69) is 15.3 Å². The van der Waals surface area contributed by atoms with Crippen LogP contribution in [0.2, 0.25) is 0 Å². The van der Waals surface area contributed by atoms with Crippen LogP contribution in [-0.4, -0.2) is 35.7 Å². The van der Waals surface area contributed by atoms with Gasteiger partial charge in [-0.05, 0) is 49.0 Å². The lowest BCUT2D eigenvalue weighted by Crippen LogP contribution is -2.18. The molecule has 0 saturated carbocycles. The third-order valence-electron chi connectivity index (χ3n) is 3.60. The van der Waals surface area contributed by atoms with E-state index in [0.717, 1.165) is 16.3 Å². The molecule has 0 aliphatic carbocycles. The molecule has 0 bridgehead atoms. The van der Waals surface area contributed by atoms with Gasteiger partial charge in [-0.3, -0.25) is 14.7 Å². The van der Waals surface area contributed by atoms with Gasteiger partial charge in [-0.2, -0.15) is 5.10 Å². The minimum Gasteiger partial charge on any atom is -0.304 e. The van der Waals surface area contributed by atoms with Gasteiger partial charge in [-0.15, -0.1) is 10.2 Å². The van der Waals surface area contributed by atoms with E-state index in [-0.39, 0.29) is 0 Å². The van der Waals surface area contributed by atoms with Crippen LogP contribution < -0.4 is 5.48 Å². The monoisotopic (exact) mass is 344 g/mol. The van der Waals surface area contributed by atoms with Gasteiger partial charge in [0.2, 0.25) is 0 Å². The van der Waals surface area contributed by atoms with Crippen LogP contribution in [0, 0.1) is 6.92 Å². The van der Waals surface area contributed by atoms with E-state index in [1.165, 1.54) is 11.8 Å². The summed E-state index contributed by atoms with van der Waals surface area (Å²) in [4.78, 5) is 12.2. The molecular weight excluding hydrogens is 328 g/mol. The first-order chi connectivity index (χ1) is 11.5. The van der Waals surface area contributed by atoms with Crippen LogP contribution in [0.25, 0.3) is 11.5 Å². The Kier molecular flexibility index (Phi) is 4.36. The number of nitrogens with zero attached hydrogens (tertiary/aromatic N) is 5. The summed E-state index contributed by atoms with van der Waals surface area (Å²) in [6, 6.07) is 8.80. The van der Waals surface area contributed by atoms with E-state index in [0.29, 0.717) is 16.5 Å². The van der Waals surface area contributed by atoms with Crippen LogP contribution >= 0.6 is 11.8 Å². The highest BCUT2D eigenvalue weighted by molar-refractivity contribution is 7.99. The van der Waals surface area contributed by atoms with Gasteiger partial charge in [-0.25, -0.2) is 5.48 Å². The quantitative estimate of drug-likeness (QED) is 0.553. The van der Waals surface area contributed by atoms with E-state index in [9.17, 15) is 4.79 Å². The predicted molar refractivity (Wildman–Crippen MR) is 87.8 cm³/mol. The molecule has 0 aliphatic rings. The van der Waals surface area contributed by atoms with Crippen LogP contribution in [-0.2, 0) is 14.1 Å². The number of benzene rings is 1. The lowest BCUT2D eigenvalue weighted by molar-refractivity contribution is 0.0706. The first kappa shape index (κ1) is 16.2. The van der Waals surface area contributed by atoms with Crippen LogP contribution in [0.5, 0.6) is 0 Å². The maximum atomic E-state index is 11.3. The summed E-state index contributed by atoms with van der Waals surface area (Å²) < 4.78 is 3.67. The van der Waals surface area contributed by atoms with Crippen LogP contribution in [0.15, 0.2) is 40.4 Å². The lowest BCUT2D eigenvalue weighted by atomic mass is 10.2. The molecule has 0 spiro atoms. The summed E-state index contributed by atoms with van der Waals surface area (Å²) in [6.45, 7) is 1.98. The second-order valence-corrected chi connectivity index (χ2v) is 6.27. The molecule has 9 heteroatoms. The Hall–Kier alpha value is -2.65. The summed E-state index contributed by atoms with van der Waals surface area (Å²) in [5.74, 6) is 0.149. The third-order valence-corrected chi connectivity index (χ3v) is 4.65. The molecule has 2 N–H and O–H groups in total. The second-order valence-electron chi connectivity index (χ2n) is 5.23. The molecule has 3 aromatic rings. The Labute approximate surface area is 142 Å². The van der Waals surface area contributed by atoms with E-state index in [1.54, 1.807) is 34.4 Å². The zero-order chi connectivity index (χ0) is 17.3. The first-order valence-corrected chi connectivity index (χ1v) is 7.94. The van der Waals surface area contributed by atoms with Crippen molar-refractivity contribution in [2.24, 2.45) is 14.1 Å². The van der Waals surface area contributed by atoms with Crippen molar-refractivity contribution in [2.75, 3.05) is 0 Å².